The first-order valence-electron chi connectivity index (χ1n) is 4.87. The van der Waals surface area contributed by atoms with E-state index in [2.05, 4.69) is 0 Å². The Balaban J connectivity index is 3.44. The normalized spacial score (nSPS) is 9.47. The molecule has 17 heavy (non-hydrogen) atoms. The molecular weight excluding hydrogens is 224 g/mol. The topological polar surface area (TPSA) is 93.2 Å². The largest absolute Gasteiger partial charge is 0.462 e. The van der Waals surface area contributed by atoms with Crippen molar-refractivity contribution in [2.75, 3.05) is 6.61 Å². The first-order valence-corrected chi connectivity index (χ1v) is 4.87. The van der Waals surface area contributed by atoms with Crippen LogP contribution in [0.25, 0.3) is 0 Å². The third-order valence-corrected chi connectivity index (χ3v) is 2.11. The van der Waals surface area contributed by atoms with Gasteiger partial charge in [-0.3, -0.25) is 10.1 Å². The van der Waals surface area contributed by atoms with Crippen LogP contribution in [-0.4, -0.2) is 17.5 Å². The summed E-state index contributed by atoms with van der Waals surface area (Å²) in [5.74, 6) is -0.792. The molecule has 0 aliphatic rings. The zero-order chi connectivity index (χ0) is 13.0. The fourth-order valence-corrected chi connectivity index (χ4v) is 1.45. The molecule has 0 radical (unpaired) electrons. The van der Waals surface area contributed by atoms with Crippen LogP contribution in [-0.2, 0) is 4.74 Å². The van der Waals surface area contributed by atoms with Gasteiger partial charge in [-0.05, 0) is 26.0 Å². The number of carbonyl (C=O) groups excluding carboxylic acids is 1. The van der Waals surface area contributed by atoms with Crippen LogP contribution in [0.2, 0.25) is 0 Å². The molecule has 0 aliphatic heterocycles. The fraction of sp³-hybridized carbons (Fsp3) is 0.273. The second-order valence-electron chi connectivity index (χ2n) is 3.28. The first-order chi connectivity index (χ1) is 8.01. The number of ether oxygens (including phenoxy) is 1. The highest BCUT2D eigenvalue weighted by atomic mass is 16.6. The summed E-state index contributed by atoms with van der Waals surface area (Å²) < 4.78 is 4.72. The van der Waals surface area contributed by atoms with Crippen LogP contribution in [0, 0.1) is 28.4 Å². The summed E-state index contributed by atoms with van der Waals surface area (Å²) in [6.45, 7) is 3.19. The van der Waals surface area contributed by atoms with Crippen molar-refractivity contribution in [3.8, 4) is 6.07 Å². The molecular formula is C11H10N2O4. The average Bonchev–Trinajstić information content (AvgIpc) is 2.27. The summed E-state index contributed by atoms with van der Waals surface area (Å²) in [7, 11) is 0. The summed E-state index contributed by atoms with van der Waals surface area (Å²) in [5.41, 5.74) is -0.0518. The lowest BCUT2D eigenvalue weighted by molar-refractivity contribution is -0.385. The molecule has 0 unspecified atom stereocenters. The molecule has 0 saturated heterocycles. The van der Waals surface area contributed by atoms with Gasteiger partial charge in [0.25, 0.3) is 5.69 Å². The van der Waals surface area contributed by atoms with Gasteiger partial charge in [0, 0.05) is 5.56 Å². The number of benzene rings is 1. The van der Waals surface area contributed by atoms with E-state index in [1.807, 2.05) is 6.07 Å². The van der Waals surface area contributed by atoms with E-state index in [0.29, 0.717) is 0 Å². The molecule has 0 atom stereocenters. The molecule has 0 saturated carbocycles. The van der Waals surface area contributed by atoms with Gasteiger partial charge in [-0.15, -0.1) is 0 Å². The predicted octanol–water partition coefficient (Wildman–Crippen LogP) is 1.95. The maximum Gasteiger partial charge on any atom is 0.345 e. The van der Waals surface area contributed by atoms with Crippen molar-refractivity contribution in [2.24, 2.45) is 0 Å². The lowest BCUT2D eigenvalue weighted by atomic mass is 10.0. The Hall–Kier alpha value is -2.42. The van der Waals surface area contributed by atoms with Crippen molar-refractivity contribution in [1.29, 1.82) is 5.26 Å². The molecule has 0 amide bonds. The molecule has 0 aliphatic carbocycles. The second kappa shape index (κ2) is 5.07. The van der Waals surface area contributed by atoms with Gasteiger partial charge in [-0.2, -0.15) is 5.26 Å². The zero-order valence-electron chi connectivity index (χ0n) is 9.39. The van der Waals surface area contributed by atoms with Crippen molar-refractivity contribution in [1.82, 2.24) is 0 Å². The molecule has 1 aromatic carbocycles. The zero-order valence-corrected chi connectivity index (χ0v) is 9.39. The standard InChI is InChI=1S/C11H10N2O4/c1-3-17-11(14)9-5-8(6-12)4-7(2)10(9)13(15)16/h4-5H,3H2,1-2H3. The molecule has 0 spiro atoms. The Labute approximate surface area is 97.6 Å². The number of carbonyl (C=O) groups is 1. The molecule has 0 aromatic heterocycles. The van der Waals surface area contributed by atoms with Crippen LogP contribution in [0.4, 0.5) is 5.69 Å². The van der Waals surface area contributed by atoms with Gasteiger partial charge in [0.05, 0.1) is 23.2 Å². The van der Waals surface area contributed by atoms with Crippen molar-refractivity contribution < 1.29 is 14.5 Å². The maximum atomic E-state index is 11.6. The molecule has 6 heteroatoms. The predicted molar refractivity (Wildman–Crippen MR) is 58.5 cm³/mol. The number of nitro benzene ring substituents is 1. The number of esters is 1. The highest BCUT2D eigenvalue weighted by Gasteiger charge is 2.24. The number of hydrogen-bond donors (Lipinski definition) is 0. The third-order valence-electron chi connectivity index (χ3n) is 2.11. The Morgan fingerprint density at radius 2 is 2.24 bits per heavy atom. The van der Waals surface area contributed by atoms with E-state index in [0.717, 1.165) is 0 Å². The van der Waals surface area contributed by atoms with E-state index in [1.165, 1.54) is 19.1 Å². The van der Waals surface area contributed by atoms with E-state index in [1.54, 1.807) is 6.92 Å². The fourth-order valence-electron chi connectivity index (χ4n) is 1.45. The highest BCUT2D eigenvalue weighted by molar-refractivity contribution is 5.95. The van der Waals surface area contributed by atoms with Crippen LogP contribution in [0.3, 0.4) is 0 Å². The van der Waals surface area contributed by atoms with Crippen LogP contribution in [0.15, 0.2) is 12.1 Å². The smallest absolute Gasteiger partial charge is 0.345 e. The Kier molecular flexibility index (Phi) is 3.78. The maximum absolute atomic E-state index is 11.6. The minimum Gasteiger partial charge on any atom is -0.462 e. The highest BCUT2D eigenvalue weighted by Crippen LogP contribution is 2.25. The average molecular weight is 234 g/mol. The molecule has 1 rings (SSSR count). The molecule has 0 N–H and O–H groups in total. The van der Waals surface area contributed by atoms with Crippen molar-refractivity contribution >= 4 is 11.7 Å². The number of rotatable bonds is 3. The Morgan fingerprint density at radius 3 is 2.71 bits per heavy atom. The van der Waals surface area contributed by atoms with Crippen molar-refractivity contribution in [3.05, 3.63) is 38.9 Å². The lowest BCUT2D eigenvalue weighted by Crippen LogP contribution is -2.09. The third kappa shape index (κ3) is 2.58. The molecule has 6 nitrogen and oxygen atoms in total. The quantitative estimate of drug-likeness (QED) is 0.452. The minimum atomic E-state index is -0.792. The van der Waals surface area contributed by atoms with Crippen LogP contribution >= 0.6 is 0 Å². The number of hydrogen-bond acceptors (Lipinski definition) is 5. The summed E-state index contributed by atoms with van der Waals surface area (Å²) in [4.78, 5) is 21.8. The number of nitro groups is 1. The van der Waals surface area contributed by atoms with Crippen LogP contribution in [0.5, 0.6) is 0 Å². The summed E-state index contributed by atoms with van der Waals surface area (Å²) in [6.07, 6.45) is 0. The Morgan fingerprint density at radius 1 is 1.59 bits per heavy atom. The van der Waals surface area contributed by atoms with Gasteiger partial charge >= 0.3 is 5.97 Å². The first kappa shape index (κ1) is 12.6. The van der Waals surface area contributed by atoms with E-state index in [-0.39, 0.29) is 29.0 Å². The molecule has 0 fully saturated rings. The summed E-state index contributed by atoms with van der Waals surface area (Å²) in [5, 5.41) is 19.6. The van der Waals surface area contributed by atoms with E-state index >= 15 is 0 Å². The molecule has 88 valence electrons. The van der Waals surface area contributed by atoms with Gasteiger partial charge in [0.2, 0.25) is 0 Å². The van der Waals surface area contributed by atoms with Gasteiger partial charge in [-0.25, -0.2) is 4.79 Å². The Bertz CT molecular complexity index is 517. The van der Waals surface area contributed by atoms with E-state index in [4.69, 9.17) is 10.00 Å². The number of aryl methyl sites for hydroxylation is 1. The van der Waals surface area contributed by atoms with E-state index < -0.39 is 10.9 Å². The number of nitrogens with zero attached hydrogens (tertiary/aromatic N) is 2. The van der Waals surface area contributed by atoms with E-state index in [9.17, 15) is 14.9 Å². The van der Waals surface area contributed by atoms with Crippen LogP contribution in [0.1, 0.15) is 28.4 Å². The minimum absolute atomic E-state index is 0.117. The van der Waals surface area contributed by atoms with Crippen molar-refractivity contribution in [3.63, 3.8) is 0 Å². The molecule has 1 aromatic rings. The van der Waals surface area contributed by atoms with Gasteiger partial charge in [0.15, 0.2) is 0 Å². The van der Waals surface area contributed by atoms with Gasteiger partial charge in [-0.1, -0.05) is 0 Å². The van der Waals surface area contributed by atoms with Crippen molar-refractivity contribution in [2.45, 2.75) is 13.8 Å². The van der Waals surface area contributed by atoms with Crippen LogP contribution < -0.4 is 0 Å². The SMILES string of the molecule is CCOC(=O)c1cc(C#N)cc(C)c1[N+](=O)[O-]. The summed E-state index contributed by atoms with van der Waals surface area (Å²) in [6, 6.07) is 4.37. The summed E-state index contributed by atoms with van der Waals surface area (Å²) >= 11 is 0. The molecule has 0 bridgehead atoms. The monoisotopic (exact) mass is 234 g/mol. The second-order valence-corrected chi connectivity index (χ2v) is 3.28. The molecule has 0 heterocycles. The lowest BCUT2D eigenvalue weighted by Gasteiger charge is -2.05. The number of nitriles is 1. The van der Waals surface area contributed by atoms with Gasteiger partial charge < -0.3 is 4.74 Å². The van der Waals surface area contributed by atoms with Gasteiger partial charge in [0.1, 0.15) is 5.56 Å².